The van der Waals surface area contributed by atoms with Crippen LogP contribution in [0, 0.1) is 0 Å². The normalized spacial score (nSPS) is 23.4. The summed E-state index contributed by atoms with van der Waals surface area (Å²) in [5.41, 5.74) is 5.42. The number of anilines is 1. The number of hydrogen-bond acceptors (Lipinski definition) is 2. The summed E-state index contributed by atoms with van der Waals surface area (Å²) >= 11 is 0. The van der Waals surface area contributed by atoms with E-state index < -0.39 is 0 Å². The summed E-state index contributed by atoms with van der Waals surface area (Å²) in [5.74, 6) is 0.485. The van der Waals surface area contributed by atoms with E-state index in [-0.39, 0.29) is 6.03 Å². The van der Waals surface area contributed by atoms with Crippen LogP contribution in [0.15, 0.2) is 60.2 Å². The molecule has 3 fully saturated rings. The molecule has 2 aromatic rings. The zero-order chi connectivity index (χ0) is 20.3. The van der Waals surface area contributed by atoms with Gasteiger partial charge in [-0.25, -0.2) is 4.79 Å². The standard InChI is InChI=1S/C26H31N3O/c30-26(27-25-19-24(25)22-8-2-1-3-9-22)29-15-11-20(12-16-29)17-21-7-6-10-23(18-21)28-13-4-5-14-28/h1-3,6-10,17-18,24-25H,4-5,11-16,19H2,(H,27,30)/t24-,25?/m0/s1. The van der Waals surface area contributed by atoms with E-state index in [1.54, 1.807) is 0 Å². The van der Waals surface area contributed by atoms with Gasteiger partial charge in [0.2, 0.25) is 0 Å². The van der Waals surface area contributed by atoms with Crippen LogP contribution in [0.4, 0.5) is 10.5 Å². The maximum atomic E-state index is 12.7. The van der Waals surface area contributed by atoms with E-state index in [0.29, 0.717) is 12.0 Å². The van der Waals surface area contributed by atoms with Gasteiger partial charge in [0.15, 0.2) is 0 Å². The van der Waals surface area contributed by atoms with Crippen LogP contribution in [0.2, 0.25) is 0 Å². The lowest BCUT2D eigenvalue weighted by molar-refractivity contribution is 0.193. The Morgan fingerprint density at radius 1 is 0.933 bits per heavy atom. The predicted octanol–water partition coefficient (Wildman–Crippen LogP) is 5.03. The number of rotatable bonds is 4. The monoisotopic (exact) mass is 401 g/mol. The minimum absolute atomic E-state index is 0.105. The maximum Gasteiger partial charge on any atom is 0.317 e. The Morgan fingerprint density at radius 2 is 1.70 bits per heavy atom. The van der Waals surface area contributed by atoms with Crippen molar-refractivity contribution in [1.82, 2.24) is 10.2 Å². The van der Waals surface area contributed by atoms with Crippen molar-refractivity contribution in [1.29, 1.82) is 0 Å². The molecule has 2 atom stereocenters. The first-order valence-corrected chi connectivity index (χ1v) is 11.4. The third-order valence-electron chi connectivity index (χ3n) is 6.73. The number of amides is 2. The summed E-state index contributed by atoms with van der Waals surface area (Å²) in [6.45, 7) is 3.98. The number of carbonyl (C=O) groups is 1. The molecule has 2 aromatic carbocycles. The van der Waals surface area contributed by atoms with Gasteiger partial charge >= 0.3 is 6.03 Å². The summed E-state index contributed by atoms with van der Waals surface area (Å²) in [6, 6.07) is 19.8. The molecule has 0 bridgehead atoms. The molecule has 1 unspecified atom stereocenters. The molecule has 3 aliphatic rings. The Labute approximate surface area is 179 Å². The predicted molar refractivity (Wildman–Crippen MR) is 123 cm³/mol. The molecule has 2 amide bonds. The van der Waals surface area contributed by atoms with Crippen molar-refractivity contribution < 1.29 is 4.79 Å². The molecule has 4 heteroatoms. The van der Waals surface area contributed by atoms with Gasteiger partial charge in [0, 0.05) is 43.8 Å². The lowest BCUT2D eigenvalue weighted by Crippen LogP contribution is -2.44. The average Bonchev–Trinajstić information content (AvgIpc) is 3.32. The van der Waals surface area contributed by atoms with Crippen molar-refractivity contribution in [3.05, 3.63) is 71.3 Å². The van der Waals surface area contributed by atoms with Gasteiger partial charge in [0.25, 0.3) is 0 Å². The highest BCUT2D eigenvalue weighted by molar-refractivity contribution is 5.75. The molecule has 2 aliphatic heterocycles. The minimum Gasteiger partial charge on any atom is -0.372 e. The summed E-state index contributed by atoms with van der Waals surface area (Å²) in [7, 11) is 0. The second kappa shape index (κ2) is 8.55. The molecule has 1 N–H and O–H groups in total. The van der Waals surface area contributed by atoms with Gasteiger partial charge < -0.3 is 15.1 Å². The highest BCUT2D eigenvalue weighted by Crippen LogP contribution is 2.40. The highest BCUT2D eigenvalue weighted by atomic mass is 16.2. The fourth-order valence-corrected chi connectivity index (χ4v) is 4.84. The summed E-state index contributed by atoms with van der Waals surface area (Å²) in [4.78, 5) is 17.1. The smallest absolute Gasteiger partial charge is 0.317 e. The minimum atomic E-state index is 0.105. The molecule has 0 aromatic heterocycles. The molecule has 2 saturated heterocycles. The topological polar surface area (TPSA) is 35.6 Å². The molecule has 0 radical (unpaired) electrons. The first-order valence-electron chi connectivity index (χ1n) is 11.4. The Hall–Kier alpha value is -2.75. The van der Waals surface area contributed by atoms with Crippen LogP contribution in [0.1, 0.15) is 49.1 Å². The van der Waals surface area contributed by atoms with Crippen LogP contribution in [0.25, 0.3) is 6.08 Å². The van der Waals surface area contributed by atoms with E-state index in [4.69, 9.17) is 0 Å². The Morgan fingerprint density at radius 3 is 2.47 bits per heavy atom. The second-order valence-corrected chi connectivity index (χ2v) is 8.89. The van der Waals surface area contributed by atoms with Gasteiger partial charge in [0.1, 0.15) is 0 Å². The van der Waals surface area contributed by atoms with Crippen LogP contribution in [-0.4, -0.2) is 43.2 Å². The molecular formula is C26H31N3O. The first kappa shape index (κ1) is 19.2. The van der Waals surface area contributed by atoms with Gasteiger partial charge in [-0.3, -0.25) is 0 Å². The van der Waals surface area contributed by atoms with Gasteiger partial charge in [-0.05, 0) is 55.4 Å². The molecule has 1 saturated carbocycles. The van der Waals surface area contributed by atoms with Gasteiger partial charge in [-0.2, -0.15) is 0 Å². The first-order chi connectivity index (χ1) is 14.8. The molecule has 4 nitrogen and oxygen atoms in total. The van der Waals surface area contributed by atoms with Crippen molar-refractivity contribution in [2.45, 2.75) is 44.1 Å². The maximum absolute atomic E-state index is 12.7. The number of nitrogens with one attached hydrogen (secondary N) is 1. The van der Waals surface area contributed by atoms with Crippen LogP contribution in [-0.2, 0) is 0 Å². The lowest BCUT2D eigenvalue weighted by atomic mass is 10.0. The van der Waals surface area contributed by atoms with Crippen molar-refractivity contribution in [2.24, 2.45) is 0 Å². The molecule has 1 aliphatic carbocycles. The third kappa shape index (κ3) is 4.38. The molecule has 30 heavy (non-hydrogen) atoms. The van der Waals surface area contributed by atoms with E-state index in [1.165, 1.54) is 48.3 Å². The number of piperidine rings is 1. The second-order valence-electron chi connectivity index (χ2n) is 8.89. The van der Waals surface area contributed by atoms with E-state index in [9.17, 15) is 4.79 Å². The van der Waals surface area contributed by atoms with E-state index in [2.05, 4.69) is 64.8 Å². The van der Waals surface area contributed by atoms with Crippen LogP contribution < -0.4 is 10.2 Å². The zero-order valence-corrected chi connectivity index (χ0v) is 17.6. The van der Waals surface area contributed by atoms with Crippen LogP contribution >= 0.6 is 0 Å². The summed E-state index contributed by atoms with van der Waals surface area (Å²) in [6.07, 6.45) is 7.93. The Bertz CT molecular complexity index is 907. The highest BCUT2D eigenvalue weighted by Gasteiger charge is 2.40. The quantitative estimate of drug-likeness (QED) is 0.780. The number of urea groups is 1. The van der Waals surface area contributed by atoms with Crippen molar-refractivity contribution >= 4 is 17.8 Å². The van der Waals surface area contributed by atoms with Gasteiger partial charge in [-0.15, -0.1) is 0 Å². The number of hydrogen-bond donors (Lipinski definition) is 1. The van der Waals surface area contributed by atoms with E-state index in [1.807, 2.05) is 11.0 Å². The number of likely N-dealkylation sites (tertiary alicyclic amines) is 1. The third-order valence-corrected chi connectivity index (χ3v) is 6.73. The SMILES string of the molecule is O=C(NC1C[C@H]1c1ccccc1)N1CCC(=Cc2cccc(N3CCCC3)c2)CC1. The molecule has 5 rings (SSSR count). The van der Waals surface area contributed by atoms with E-state index in [0.717, 1.165) is 32.4 Å². The lowest BCUT2D eigenvalue weighted by Gasteiger charge is -2.29. The Balaban J connectivity index is 1.13. The number of carbonyl (C=O) groups excluding carboxylic acids is 1. The van der Waals surface area contributed by atoms with Crippen LogP contribution in [0.5, 0.6) is 0 Å². The van der Waals surface area contributed by atoms with Crippen LogP contribution in [0.3, 0.4) is 0 Å². The van der Waals surface area contributed by atoms with Crippen molar-refractivity contribution in [2.75, 3.05) is 31.1 Å². The molecule has 0 spiro atoms. The average molecular weight is 402 g/mol. The fraction of sp³-hybridized carbons (Fsp3) is 0.423. The van der Waals surface area contributed by atoms with Crippen molar-refractivity contribution in [3.63, 3.8) is 0 Å². The van der Waals surface area contributed by atoms with E-state index >= 15 is 0 Å². The summed E-state index contributed by atoms with van der Waals surface area (Å²) in [5, 5.41) is 3.24. The summed E-state index contributed by atoms with van der Waals surface area (Å²) < 4.78 is 0. The number of nitrogens with zero attached hydrogens (tertiary/aromatic N) is 2. The Kier molecular flexibility index (Phi) is 5.48. The van der Waals surface area contributed by atoms with Gasteiger partial charge in [-0.1, -0.05) is 54.1 Å². The largest absolute Gasteiger partial charge is 0.372 e. The molecule has 156 valence electrons. The molecule has 2 heterocycles. The number of benzene rings is 2. The molecular weight excluding hydrogens is 370 g/mol. The fourth-order valence-electron chi connectivity index (χ4n) is 4.84. The van der Waals surface area contributed by atoms with Crippen molar-refractivity contribution in [3.8, 4) is 0 Å². The zero-order valence-electron chi connectivity index (χ0n) is 17.6. The van der Waals surface area contributed by atoms with Gasteiger partial charge in [0.05, 0.1) is 0 Å².